The maximum Gasteiger partial charge on any atom is 0.324 e. The lowest BCUT2D eigenvalue weighted by Gasteiger charge is -2.32. The number of anilines is 1. The van der Waals surface area contributed by atoms with Gasteiger partial charge in [-0.05, 0) is 25.8 Å². The van der Waals surface area contributed by atoms with Crippen molar-refractivity contribution in [1.29, 1.82) is 0 Å². The number of nitrogens with zero attached hydrogens (tertiary/aromatic N) is 4. The van der Waals surface area contributed by atoms with Gasteiger partial charge >= 0.3 is 12.0 Å². The lowest BCUT2D eigenvalue weighted by Crippen LogP contribution is -2.42. The summed E-state index contributed by atoms with van der Waals surface area (Å²) < 4.78 is 10.2. The van der Waals surface area contributed by atoms with Crippen molar-refractivity contribution >= 4 is 5.95 Å². The van der Waals surface area contributed by atoms with Crippen molar-refractivity contribution in [1.82, 2.24) is 19.9 Å². The van der Waals surface area contributed by atoms with Crippen LogP contribution in [0.4, 0.5) is 5.95 Å². The quantitative estimate of drug-likeness (QED) is 0.878. The fourth-order valence-electron chi connectivity index (χ4n) is 3.17. The molecule has 2 atom stereocenters. The highest BCUT2D eigenvalue weighted by atomic mass is 16.5. The summed E-state index contributed by atoms with van der Waals surface area (Å²) in [6, 6.07) is 1.54. The van der Waals surface area contributed by atoms with Crippen molar-refractivity contribution in [3.05, 3.63) is 0 Å². The molecule has 2 unspecified atom stereocenters. The molecule has 1 N–H and O–H groups in total. The van der Waals surface area contributed by atoms with Gasteiger partial charge in [0.1, 0.15) is 0 Å². The normalized spacial score (nSPS) is 26.1. The van der Waals surface area contributed by atoms with Crippen LogP contribution in [0.3, 0.4) is 0 Å². The van der Waals surface area contributed by atoms with Gasteiger partial charge < -0.3 is 14.8 Å². The number of rotatable bonds is 4. The molecular formula is C13H21N5O2. The number of aromatic nitrogens is 3. The van der Waals surface area contributed by atoms with Gasteiger partial charge in [-0.2, -0.15) is 9.97 Å². The van der Waals surface area contributed by atoms with Gasteiger partial charge in [0, 0.05) is 18.6 Å². The molecule has 2 aliphatic heterocycles. The van der Waals surface area contributed by atoms with Crippen molar-refractivity contribution in [2.75, 3.05) is 32.6 Å². The number of ether oxygens (including phenoxy) is 2. The first kappa shape index (κ1) is 13.4. The standard InChI is InChI=1S/C13H21N5O2/c1-19-12-15-11(16-13(17-12)20-2)14-9-6-8-18-7-4-3-5-10(9)18/h9-10H,3-8H2,1-2H3,(H,14,15,16,17). The summed E-state index contributed by atoms with van der Waals surface area (Å²) in [7, 11) is 3.08. The molecule has 2 aliphatic rings. The lowest BCUT2D eigenvalue weighted by molar-refractivity contribution is 0.192. The van der Waals surface area contributed by atoms with Crippen LogP contribution in [0.1, 0.15) is 25.7 Å². The highest BCUT2D eigenvalue weighted by molar-refractivity contribution is 5.30. The van der Waals surface area contributed by atoms with Gasteiger partial charge in [-0.25, -0.2) is 0 Å². The Hall–Kier alpha value is -1.63. The van der Waals surface area contributed by atoms with Crippen molar-refractivity contribution < 1.29 is 9.47 Å². The maximum atomic E-state index is 5.08. The average molecular weight is 279 g/mol. The fourth-order valence-corrected chi connectivity index (χ4v) is 3.17. The van der Waals surface area contributed by atoms with Gasteiger partial charge in [0.15, 0.2) is 0 Å². The van der Waals surface area contributed by atoms with Crippen LogP contribution in [0.5, 0.6) is 12.0 Å². The fraction of sp³-hybridized carbons (Fsp3) is 0.769. The number of nitrogens with one attached hydrogen (secondary N) is 1. The van der Waals surface area contributed by atoms with Gasteiger partial charge in [0.25, 0.3) is 0 Å². The molecule has 110 valence electrons. The van der Waals surface area contributed by atoms with Gasteiger partial charge in [0.2, 0.25) is 5.95 Å². The third-order valence-corrected chi connectivity index (χ3v) is 4.13. The van der Waals surface area contributed by atoms with Crippen LogP contribution in [0, 0.1) is 0 Å². The van der Waals surface area contributed by atoms with E-state index in [1.165, 1.54) is 40.0 Å². The summed E-state index contributed by atoms with van der Waals surface area (Å²) in [5.74, 6) is 0.533. The lowest BCUT2D eigenvalue weighted by atomic mass is 9.99. The number of methoxy groups -OCH3 is 2. The van der Waals surface area contributed by atoms with Crippen LogP contribution in [0.2, 0.25) is 0 Å². The molecule has 0 aliphatic carbocycles. The zero-order valence-corrected chi connectivity index (χ0v) is 12.0. The first-order valence-corrected chi connectivity index (χ1v) is 7.15. The van der Waals surface area contributed by atoms with Crippen LogP contribution in [0.15, 0.2) is 0 Å². The Morgan fingerprint density at radius 3 is 2.45 bits per heavy atom. The van der Waals surface area contributed by atoms with Crippen molar-refractivity contribution in [2.24, 2.45) is 0 Å². The van der Waals surface area contributed by atoms with E-state index >= 15 is 0 Å². The van der Waals surface area contributed by atoms with Crippen LogP contribution in [0.25, 0.3) is 0 Å². The monoisotopic (exact) mass is 279 g/mol. The van der Waals surface area contributed by atoms with Crippen LogP contribution >= 0.6 is 0 Å². The van der Waals surface area contributed by atoms with Crippen molar-refractivity contribution in [3.8, 4) is 12.0 Å². The molecular weight excluding hydrogens is 258 g/mol. The van der Waals surface area contributed by atoms with E-state index in [4.69, 9.17) is 9.47 Å². The van der Waals surface area contributed by atoms with Crippen molar-refractivity contribution in [3.63, 3.8) is 0 Å². The zero-order valence-electron chi connectivity index (χ0n) is 12.0. The Bertz CT molecular complexity index is 448. The molecule has 0 radical (unpaired) electrons. The topological polar surface area (TPSA) is 72.4 Å². The molecule has 3 heterocycles. The Morgan fingerprint density at radius 2 is 1.75 bits per heavy atom. The minimum absolute atomic E-state index is 0.276. The Balaban J connectivity index is 1.74. The highest BCUT2D eigenvalue weighted by Crippen LogP contribution is 2.29. The van der Waals surface area contributed by atoms with Gasteiger partial charge in [-0.1, -0.05) is 6.42 Å². The summed E-state index contributed by atoms with van der Waals surface area (Å²) in [4.78, 5) is 15.1. The smallest absolute Gasteiger partial charge is 0.324 e. The second kappa shape index (κ2) is 5.78. The number of piperidine rings is 1. The highest BCUT2D eigenvalue weighted by Gasteiger charge is 2.35. The van der Waals surface area contributed by atoms with Crippen LogP contribution < -0.4 is 14.8 Å². The molecule has 3 rings (SSSR count). The second-order valence-electron chi connectivity index (χ2n) is 5.27. The van der Waals surface area contributed by atoms with E-state index in [0.717, 1.165) is 13.0 Å². The molecule has 0 spiro atoms. The molecule has 1 aromatic rings. The molecule has 2 fully saturated rings. The summed E-state index contributed by atoms with van der Waals surface area (Å²) in [5.41, 5.74) is 0. The Labute approximate surface area is 118 Å². The third kappa shape index (κ3) is 2.63. The first-order chi connectivity index (χ1) is 9.80. The summed E-state index contributed by atoms with van der Waals surface area (Å²) in [6.07, 6.45) is 5.00. The van der Waals surface area contributed by atoms with E-state index in [0.29, 0.717) is 18.0 Å². The predicted molar refractivity (Wildman–Crippen MR) is 74.2 cm³/mol. The van der Waals surface area contributed by atoms with Crippen molar-refractivity contribution in [2.45, 2.75) is 37.8 Å². The number of hydrogen-bond acceptors (Lipinski definition) is 7. The molecule has 0 saturated carbocycles. The molecule has 0 amide bonds. The van der Waals surface area contributed by atoms with Gasteiger partial charge in [-0.3, -0.25) is 4.90 Å². The number of hydrogen-bond donors (Lipinski definition) is 1. The number of fused-ring (bicyclic) bond motifs is 1. The van der Waals surface area contributed by atoms with E-state index in [-0.39, 0.29) is 12.0 Å². The predicted octanol–water partition coefficient (Wildman–Crippen LogP) is 0.927. The minimum atomic E-state index is 0.276. The first-order valence-electron chi connectivity index (χ1n) is 7.15. The van der Waals surface area contributed by atoms with E-state index in [9.17, 15) is 0 Å². The maximum absolute atomic E-state index is 5.08. The summed E-state index contributed by atoms with van der Waals surface area (Å²) in [5, 5.41) is 3.43. The van der Waals surface area contributed by atoms with E-state index in [2.05, 4.69) is 25.2 Å². The Kier molecular flexibility index (Phi) is 3.86. The Morgan fingerprint density at radius 1 is 1.00 bits per heavy atom. The molecule has 0 bridgehead atoms. The molecule has 20 heavy (non-hydrogen) atoms. The SMILES string of the molecule is COc1nc(NC2CCN3CCCCC23)nc(OC)n1. The van der Waals surface area contributed by atoms with Gasteiger partial charge in [-0.15, -0.1) is 4.98 Å². The molecule has 1 aromatic heterocycles. The van der Waals surface area contributed by atoms with Crippen LogP contribution in [-0.2, 0) is 0 Å². The second-order valence-corrected chi connectivity index (χ2v) is 5.27. The van der Waals surface area contributed by atoms with E-state index in [1.807, 2.05) is 0 Å². The van der Waals surface area contributed by atoms with Crippen LogP contribution in [-0.4, -0.2) is 59.2 Å². The molecule has 0 aromatic carbocycles. The molecule has 7 nitrogen and oxygen atoms in total. The molecule has 7 heteroatoms. The summed E-state index contributed by atoms with van der Waals surface area (Å²) in [6.45, 7) is 2.37. The largest absolute Gasteiger partial charge is 0.467 e. The molecule has 2 saturated heterocycles. The van der Waals surface area contributed by atoms with E-state index < -0.39 is 0 Å². The van der Waals surface area contributed by atoms with Gasteiger partial charge in [0.05, 0.1) is 14.2 Å². The summed E-state index contributed by atoms with van der Waals surface area (Å²) >= 11 is 0. The zero-order chi connectivity index (χ0) is 13.9. The third-order valence-electron chi connectivity index (χ3n) is 4.13. The van der Waals surface area contributed by atoms with E-state index in [1.54, 1.807) is 0 Å². The average Bonchev–Trinajstić information content (AvgIpc) is 2.90. The minimum Gasteiger partial charge on any atom is -0.467 e.